The summed E-state index contributed by atoms with van der Waals surface area (Å²) >= 11 is 0. The van der Waals surface area contributed by atoms with Crippen LogP contribution >= 0.6 is 0 Å². The predicted molar refractivity (Wildman–Crippen MR) is 117 cm³/mol. The number of amides is 2. The van der Waals surface area contributed by atoms with E-state index in [2.05, 4.69) is 32.4 Å². The number of alkyl halides is 3. The number of halogens is 4. The van der Waals surface area contributed by atoms with E-state index in [1.54, 1.807) is 6.92 Å². The standard InChI is InChI=1S/C23H22F4N6O3/c1-11-6-13-10-22(9-11,20-32-31-12(2)36-20)33(13)21(34)29-17-7-14(15(8-16(17)24)23(25,26)27)19-28-5-4-18(30-19)35-3/h4-5,7-8,11,13H,6,9-10H2,1-3H3,(H,29,34)/t11-,13+,22-/m0/s1. The molecule has 4 heterocycles. The molecule has 0 aliphatic carbocycles. The topological polar surface area (TPSA) is 106 Å². The second kappa shape index (κ2) is 8.42. The minimum atomic E-state index is -4.89. The molecule has 1 N–H and O–H groups in total. The zero-order chi connectivity index (χ0) is 25.8. The average Bonchev–Trinajstić information content (AvgIpc) is 3.25. The molecule has 36 heavy (non-hydrogen) atoms. The number of nitrogens with zero attached hydrogens (tertiary/aromatic N) is 5. The molecule has 2 amide bonds. The van der Waals surface area contributed by atoms with E-state index in [4.69, 9.17) is 9.15 Å². The molecule has 0 spiro atoms. The number of benzene rings is 1. The van der Waals surface area contributed by atoms with Crippen LogP contribution in [0.2, 0.25) is 0 Å². The molecule has 0 saturated carbocycles. The van der Waals surface area contributed by atoms with Crippen molar-refractivity contribution in [3.8, 4) is 17.3 Å². The zero-order valence-corrected chi connectivity index (χ0v) is 19.6. The molecule has 2 fully saturated rings. The van der Waals surface area contributed by atoms with Gasteiger partial charge >= 0.3 is 12.2 Å². The van der Waals surface area contributed by atoms with Crippen molar-refractivity contribution in [3.63, 3.8) is 0 Å². The lowest BCUT2D eigenvalue weighted by Gasteiger charge is -2.61. The van der Waals surface area contributed by atoms with Crippen molar-refractivity contribution in [1.29, 1.82) is 0 Å². The van der Waals surface area contributed by atoms with Gasteiger partial charge in [-0.3, -0.25) is 0 Å². The Morgan fingerprint density at radius 3 is 2.72 bits per heavy atom. The van der Waals surface area contributed by atoms with Crippen LogP contribution in [0.1, 0.15) is 43.5 Å². The van der Waals surface area contributed by atoms with Gasteiger partial charge in [-0.1, -0.05) is 6.92 Å². The van der Waals surface area contributed by atoms with Gasteiger partial charge in [0, 0.05) is 37.2 Å². The highest BCUT2D eigenvalue weighted by Crippen LogP contribution is 2.55. The Morgan fingerprint density at radius 2 is 2.06 bits per heavy atom. The molecule has 2 aliphatic rings. The van der Waals surface area contributed by atoms with E-state index in [1.165, 1.54) is 24.3 Å². The first kappa shape index (κ1) is 23.9. The van der Waals surface area contributed by atoms with Crippen molar-refractivity contribution in [2.45, 2.75) is 50.9 Å². The van der Waals surface area contributed by atoms with Crippen LogP contribution < -0.4 is 10.1 Å². The second-order valence-corrected chi connectivity index (χ2v) is 9.16. The summed E-state index contributed by atoms with van der Waals surface area (Å²) in [6, 6.07) is 1.74. The maximum Gasteiger partial charge on any atom is 0.417 e. The summed E-state index contributed by atoms with van der Waals surface area (Å²) in [6.07, 6.45) is -1.78. The normalized spacial score (nSPS) is 23.2. The number of rotatable bonds is 4. The first-order valence-electron chi connectivity index (χ1n) is 11.2. The number of nitrogens with one attached hydrogen (secondary N) is 1. The quantitative estimate of drug-likeness (QED) is 0.500. The third-order valence-electron chi connectivity index (χ3n) is 6.64. The Labute approximate surface area is 202 Å². The Balaban J connectivity index is 1.51. The Morgan fingerprint density at radius 1 is 1.28 bits per heavy atom. The van der Waals surface area contributed by atoms with Crippen LogP contribution in [0.3, 0.4) is 0 Å². The molecular formula is C23H22F4N6O3. The molecule has 3 atom stereocenters. The van der Waals surface area contributed by atoms with Crippen molar-refractivity contribution in [3.05, 3.63) is 47.6 Å². The number of piperidine rings is 1. The lowest BCUT2D eigenvalue weighted by atomic mass is 9.64. The van der Waals surface area contributed by atoms with Crippen molar-refractivity contribution in [1.82, 2.24) is 25.1 Å². The van der Waals surface area contributed by atoms with Gasteiger partial charge in [-0.2, -0.15) is 18.2 Å². The maximum atomic E-state index is 14.9. The van der Waals surface area contributed by atoms with E-state index >= 15 is 0 Å². The van der Waals surface area contributed by atoms with Crippen molar-refractivity contribution >= 4 is 11.7 Å². The number of carbonyl (C=O) groups is 1. The molecule has 0 radical (unpaired) electrons. The average molecular weight is 506 g/mol. The zero-order valence-electron chi connectivity index (χ0n) is 19.6. The van der Waals surface area contributed by atoms with Gasteiger partial charge in [0.05, 0.1) is 18.4 Å². The molecule has 190 valence electrons. The van der Waals surface area contributed by atoms with Crippen molar-refractivity contribution in [2.24, 2.45) is 5.92 Å². The Hall–Kier alpha value is -3.77. The molecule has 3 aromatic rings. The smallest absolute Gasteiger partial charge is 0.417 e. The summed E-state index contributed by atoms with van der Waals surface area (Å²) in [4.78, 5) is 22.7. The molecular weight excluding hydrogens is 484 g/mol. The van der Waals surface area contributed by atoms with E-state index in [-0.39, 0.29) is 29.6 Å². The minimum absolute atomic E-state index is 0.0300. The van der Waals surface area contributed by atoms with Gasteiger partial charge in [0.2, 0.25) is 17.7 Å². The number of hydrogen-bond donors (Lipinski definition) is 1. The van der Waals surface area contributed by atoms with Crippen LogP contribution in [0.5, 0.6) is 5.88 Å². The monoisotopic (exact) mass is 506 g/mol. The lowest BCUT2D eigenvalue weighted by Crippen LogP contribution is -2.70. The fourth-order valence-corrected chi connectivity index (χ4v) is 5.28. The minimum Gasteiger partial charge on any atom is -0.481 e. The van der Waals surface area contributed by atoms with Crippen LogP contribution in [0.4, 0.5) is 28.0 Å². The highest BCUT2D eigenvalue weighted by atomic mass is 19.4. The van der Waals surface area contributed by atoms with E-state index in [0.29, 0.717) is 24.8 Å². The van der Waals surface area contributed by atoms with E-state index in [9.17, 15) is 22.4 Å². The largest absolute Gasteiger partial charge is 0.481 e. The van der Waals surface area contributed by atoms with Crippen LogP contribution in [-0.4, -0.2) is 44.2 Å². The number of urea groups is 1. The number of aryl methyl sites for hydroxylation is 1. The van der Waals surface area contributed by atoms with Gasteiger partial charge in [-0.05, 0) is 30.9 Å². The molecule has 13 heteroatoms. The molecule has 1 aromatic carbocycles. The SMILES string of the molecule is COc1ccnc(-c2cc(NC(=O)N3[C@@H]4C[C@H](C)C[C@@]3(c3nnc(C)o3)C4)c(F)cc2C(F)(F)F)n1. The fraction of sp³-hybridized carbons (Fsp3) is 0.435. The van der Waals surface area contributed by atoms with Crippen LogP contribution in [0, 0.1) is 18.7 Å². The van der Waals surface area contributed by atoms with E-state index in [1.807, 2.05) is 0 Å². The van der Waals surface area contributed by atoms with Gasteiger partial charge < -0.3 is 19.4 Å². The predicted octanol–water partition coefficient (Wildman–Crippen LogP) is 4.93. The molecule has 5 rings (SSSR count). The number of aromatic nitrogens is 4. The lowest BCUT2D eigenvalue weighted by molar-refractivity contribution is -0.137. The molecule has 0 unspecified atom stereocenters. The summed E-state index contributed by atoms with van der Waals surface area (Å²) in [7, 11) is 1.30. The summed E-state index contributed by atoms with van der Waals surface area (Å²) in [6.45, 7) is 3.69. The number of ether oxygens (including phenoxy) is 1. The maximum absolute atomic E-state index is 14.9. The highest BCUT2D eigenvalue weighted by molar-refractivity contribution is 5.92. The molecule has 2 aromatic heterocycles. The van der Waals surface area contributed by atoms with Crippen LogP contribution in [-0.2, 0) is 11.7 Å². The summed E-state index contributed by atoms with van der Waals surface area (Å²) in [5, 5.41) is 10.4. The van der Waals surface area contributed by atoms with Crippen molar-refractivity contribution in [2.75, 3.05) is 12.4 Å². The summed E-state index contributed by atoms with van der Waals surface area (Å²) in [5.41, 5.74) is -3.07. The number of hydrogen-bond acceptors (Lipinski definition) is 7. The fourth-order valence-electron chi connectivity index (χ4n) is 5.28. The van der Waals surface area contributed by atoms with E-state index < -0.39 is 40.4 Å². The van der Waals surface area contributed by atoms with Gasteiger partial charge in [-0.25, -0.2) is 14.2 Å². The number of carbonyl (C=O) groups excluding carboxylic acids is 1. The summed E-state index contributed by atoms with van der Waals surface area (Å²) in [5.74, 6) is -0.634. The van der Waals surface area contributed by atoms with Gasteiger partial charge in [-0.15, -0.1) is 10.2 Å². The van der Waals surface area contributed by atoms with Gasteiger partial charge in [0.25, 0.3) is 0 Å². The first-order chi connectivity index (χ1) is 17.0. The molecule has 2 aliphatic heterocycles. The van der Waals surface area contributed by atoms with Gasteiger partial charge in [0.15, 0.2) is 5.82 Å². The van der Waals surface area contributed by atoms with Crippen molar-refractivity contribution < 1.29 is 31.5 Å². The Bertz CT molecular complexity index is 1330. The number of methoxy groups -OCH3 is 1. The molecule has 2 saturated heterocycles. The molecule has 9 nitrogen and oxygen atoms in total. The third kappa shape index (κ3) is 3.91. The number of anilines is 1. The second-order valence-electron chi connectivity index (χ2n) is 9.16. The third-order valence-corrected chi connectivity index (χ3v) is 6.64. The highest BCUT2D eigenvalue weighted by Gasteiger charge is 2.62. The first-order valence-corrected chi connectivity index (χ1v) is 11.2. The summed E-state index contributed by atoms with van der Waals surface area (Å²) < 4.78 is 66.8. The van der Waals surface area contributed by atoms with Gasteiger partial charge in [0.1, 0.15) is 11.4 Å². The van der Waals surface area contributed by atoms with Crippen LogP contribution in [0.15, 0.2) is 28.8 Å². The number of fused-ring (bicyclic) bond motifs is 2. The molecule has 2 bridgehead atoms. The van der Waals surface area contributed by atoms with E-state index in [0.717, 1.165) is 12.5 Å². The Kier molecular flexibility index (Phi) is 5.60. The van der Waals surface area contributed by atoms with Crippen LogP contribution in [0.25, 0.3) is 11.4 Å².